The minimum atomic E-state index is -0.541. The van der Waals surface area contributed by atoms with Gasteiger partial charge in [0.1, 0.15) is 4.83 Å². The molecule has 3 aromatic rings. The third kappa shape index (κ3) is 3.40. The molecule has 1 aromatic carbocycles. The van der Waals surface area contributed by atoms with Gasteiger partial charge in [0.25, 0.3) is 11.5 Å². The van der Waals surface area contributed by atoms with Crippen molar-refractivity contribution in [1.29, 1.82) is 0 Å². The number of carbonyl (C=O) groups is 1. The lowest BCUT2D eigenvalue weighted by atomic mass is 9.95. The van der Waals surface area contributed by atoms with E-state index in [4.69, 9.17) is 11.6 Å². The highest BCUT2D eigenvalue weighted by atomic mass is 35.5. The van der Waals surface area contributed by atoms with Crippen LogP contribution in [0, 0.1) is 6.92 Å². The van der Waals surface area contributed by atoms with Crippen LogP contribution in [0.2, 0.25) is 5.02 Å². The molecule has 0 aliphatic heterocycles. The first-order valence-corrected chi connectivity index (χ1v) is 10.5. The van der Waals surface area contributed by atoms with Crippen molar-refractivity contribution in [2.24, 2.45) is 0 Å². The monoisotopic (exact) mass is 417 g/mol. The van der Waals surface area contributed by atoms with Gasteiger partial charge < -0.3 is 5.32 Å². The van der Waals surface area contributed by atoms with Crippen LogP contribution in [0.1, 0.15) is 47.3 Å². The Balaban J connectivity index is 1.77. The molecule has 0 bridgehead atoms. The van der Waals surface area contributed by atoms with Crippen molar-refractivity contribution in [3.8, 4) is 5.69 Å². The lowest BCUT2D eigenvalue weighted by Crippen LogP contribution is -2.36. The van der Waals surface area contributed by atoms with Crippen LogP contribution in [-0.2, 0) is 0 Å². The van der Waals surface area contributed by atoms with Crippen LogP contribution in [0.4, 0.5) is 0 Å². The Labute approximate surface area is 170 Å². The summed E-state index contributed by atoms with van der Waals surface area (Å²) in [5.41, 5.74) is 0.0421. The van der Waals surface area contributed by atoms with Gasteiger partial charge in [0.2, 0.25) is 0 Å². The maximum absolute atomic E-state index is 13.1. The summed E-state index contributed by atoms with van der Waals surface area (Å²) in [7, 11) is 0. The third-order valence-electron chi connectivity index (χ3n) is 5.22. The first-order valence-electron chi connectivity index (χ1n) is 9.31. The Morgan fingerprint density at radius 3 is 2.54 bits per heavy atom. The highest BCUT2D eigenvalue weighted by Gasteiger charge is 2.23. The number of nitrogens with one attached hydrogen (secondary N) is 2. The molecule has 0 atom stereocenters. The summed E-state index contributed by atoms with van der Waals surface area (Å²) in [6.07, 6.45) is 5.41. The largest absolute Gasteiger partial charge is 0.349 e. The predicted octanol–water partition coefficient (Wildman–Crippen LogP) is 3.76. The van der Waals surface area contributed by atoms with E-state index in [0.29, 0.717) is 31.4 Å². The van der Waals surface area contributed by atoms with E-state index in [9.17, 15) is 14.4 Å². The molecule has 1 aliphatic carbocycles. The maximum Gasteiger partial charge on any atom is 0.334 e. The molecule has 28 heavy (non-hydrogen) atoms. The highest BCUT2D eigenvalue weighted by molar-refractivity contribution is 7.20. The van der Waals surface area contributed by atoms with Gasteiger partial charge in [-0.15, -0.1) is 11.3 Å². The zero-order valence-corrected chi connectivity index (χ0v) is 17.0. The van der Waals surface area contributed by atoms with E-state index in [1.54, 1.807) is 31.2 Å². The molecule has 1 aliphatic rings. The van der Waals surface area contributed by atoms with Crippen molar-refractivity contribution in [1.82, 2.24) is 14.9 Å². The van der Waals surface area contributed by atoms with Crippen molar-refractivity contribution in [3.05, 3.63) is 60.6 Å². The predicted molar refractivity (Wildman–Crippen MR) is 112 cm³/mol. The lowest BCUT2D eigenvalue weighted by molar-refractivity contribution is 0.0931. The number of benzene rings is 1. The molecule has 1 fully saturated rings. The molecule has 2 N–H and O–H groups in total. The molecule has 8 heteroatoms. The quantitative estimate of drug-likeness (QED) is 0.680. The van der Waals surface area contributed by atoms with Crippen molar-refractivity contribution in [2.45, 2.75) is 45.1 Å². The highest BCUT2D eigenvalue weighted by Crippen LogP contribution is 2.27. The van der Waals surface area contributed by atoms with Gasteiger partial charge in [0.15, 0.2) is 0 Å². The minimum absolute atomic E-state index is 0.177. The second-order valence-corrected chi connectivity index (χ2v) is 8.57. The molecule has 4 rings (SSSR count). The summed E-state index contributed by atoms with van der Waals surface area (Å²) in [4.78, 5) is 42.0. The van der Waals surface area contributed by atoms with E-state index in [-0.39, 0.29) is 11.9 Å². The number of H-pyrrole nitrogens is 1. The summed E-state index contributed by atoms with van der Waals surface area (Å²) in [6, 6.07) is 6.65. The molecule has 0 unspecified atom stereocenters. The molecule has 0 radical (unpaired) electrons. The molecule has 0 saturated heterocycles. The second-order valence-electron chi connectivity index (χ2n) is 7.12. The van der Waals surface area contributed by atoms with Crippen LogP contribution in [-0.4, -0.2) is 21.5 Å². The van der Waals surface area contributed by atoms with Crippen molar-refractivity contribution < 1.29 is 4.79 Å². The molecule has 2 aromatic heterocycles. The first kappa shape index (κ1) is 19.0. The Morgan fingerprint density at radius 2 is 1.86 bits per heavy atom. The van der Waals surface area contributed by atoms with Gasteiger partial charge in [-0.3, -0.25) is 14.6 Å². The van der Waals surface area contributed by atoms with Gasteiger partial charge in [-0.05, 0) is 49.6 Å². The summed E-state index contributed by atoms with van der Waals surface area (Å²) in [6.45, 7) is 1.75. The molecule has 0 spiro atoms. The number of aryl methyl sites for hydroxylation is 1. The number of carbonyl (C=O) groups excluding carboxylic acids is 1. The van der Waals surface area contributed by atoms with E-state index in [2.05, 4.69) is 10.3 Å². The number of halogens is 1. The molecule has 6 nitrogen and oxygen atoms in total. The van der Waals surface area contributed by atoms with Gasteiger partial charge in [0, 0.05) is 11.1 Å². The molecule has 1 amide bonds. The lowest BCUT2D eigenvalue weighted by Gasteiger charge is -2.22. The summed E-state index contributed by atoms with van der Waals surface area (Å²) in [5.74, 6) is -0.177. The smallest absolute Gasteiger partial charge is 0.334 e. The number of aromatic amines is 1. The van der Waals surface area contributed by atoms with Gasteiger partial charge in [-0.25, -0.2) is 9.36 Å². The Kier molecular flexibility index (Phi) is 5.12. The standard InChI is InChI=1S/C20H20ClN3O3S/c1-11-15-18(28-16(11)17(25)22-13-5-3-2-4-6-13)23-20(27)24(19(15)26)14-9-7-12(21)8-10-14/h7-10,13H,2-6H2,1H3,(H,22,25)(H,23,27). The van der Waals surface area contributed by atoms with Gasteiger partial charge >= 0.3 is 5.69 Å². The van der Waals surface area contributed by atoms with E-state index >= 15 is 0 Å². The Morgan fingerprint density at radius 1 is 1.18 bits per heavy atom. The number of amides is 1. The van der Waals surface area contributed by atoms with E-state index < -0.39 is 11.2 Å². The maximum atomic E-state index is 13.1. The molecule has 146 valence electrons. The van der Waals surface area contributed by atoms with Gasteiger partial charge in [-0.1, -0.05) is 30.9 Å². The Bertz CT molecular complexity index is 1150. The number of fused-ring (bicyclic) bond motifs is 1. The number of hydrogen-bond acceptors (Lipinski definition) is 4. The normalized spacial score (nSPS) is 15.1. The molecular weight excluding hydrogens is 398 g/mol. The average molecular weight is 418 g/mol. The summed E-state index contributed by atoms with van der Waals surface area (Å²) < 4.78 is 1.07. The van der Waals surface area contributed by atoms with Crippen molar-refractivity contribution in [2.75, 3.05) is 0 Å². The summed E-state index contributed by atoms with van der Waals surface area (Å²) >= 11 is 7.05. The van der Waals surface area contributed by atoms with Crippen LogP contribution in [0.5, 0.6) is 0 Å². The van der Waals surface area contributed by atoms with Gasteiger partial charge in [0.05, 0.1) is 16.0 Å². The van der Waals surface area contributed by atoms with Gasteiger partial charge in [-0.2, -0.15) is 0 Å². The number of thiophene rings is 1. The number of nitrogens with zero attached hydrogens (tertiary/aromatic N) is 1. The molecule has 2 heterocycles. The molecule has 1 saturated carbocycles. The average Bonchev–Trinajstić information content (AvgIpc) is 3.00. The van der Waals surface area contributed by atoms with Crippen LogP contribution in [0.3, 0.4) is 0 Å². The fourth-order valence-corrected chi connectivity index (χ4v) is 4.97. The fraction of sp³-hybridized carbons (Fsp3) is 0.350. The van der Waals surface area contributed by atoms with E-state index in [1.807, 2.05) is 0 Å². The van der Waals surface area contributed by atoms with E-state index in [1.165, 1.54) is 6.42 Å². The number of aromatic nitrogens is 2. The number of hydrogen-bond donors (Lipinski definition) is 2. The SMILES string of the molecule is Cc1c(C(=O)NC2CCCCC2)sc2[nH]c(=O)n(-c3ccc(Cl)cc3)c(=O)c12. The fourth-order valence-electron chi connectivity index (χ4n) is 3.76. The van der Waals surface area contributed by atoms with Crippen LogP contribution >= 0.6 is 22.9 Å². The second kappa shape index (κ2) is 7.56. The minimum Gasteiger partial charge on any atom is -0.349 e. The zero-order valence-electron chi connectivity index (χ0n) is 15.4. The van der Waals surface area contributed by atoms with Crippen molar-refractivity contribution >= 4 is 39.1 Å². The third-order valence-corrected chi connectivity index (χ3v) is 6.68. The first-order chi connectivity index (χ1) is 13.5. The van der Waals surface area contributed by atoms with Crippen LogP contribution in [0.15, 0.2) is 33.9 Å². The Hall–Kier alpha value is -2.38. The topological polar surface area (TPSA) is 84.0 Å². The molecular formula is C20H20ClN3O3S. The van der Waals surface area contributed by atoms with Crippen LogP contribution in [0.25, 0.3) is 15.9 Å². The van der Waals surface area contributed by atoms with Crippen LogP contribution < -0.4 is 16.6 Å². The van der Waals surface area contributed by atoms with E-state index in [0.717, 1.165) is 41.6 Å². The number of rotatable bonds is 3. The summed E-state index contributed by atoms with van der Waals surface area (Å²) in [5, 5.41) is 3.96. The zero-order chi connectivity index (χ0) is 19.8. The van der Waals surface area contributed by atoms with Crippen molar-refractivity contribution in [3.63, 3.8) is 0 Å².